The van der Waals surface area contributed by atoms with Crippen LogP contribution in [0.3, 0.4) is 0 Å². The maximum Gasteiger partial charge on any atom is 0.222 e. The maximum atomic E-state index is 12.5. The fraction of sp³-hybridized carbons (Fsp3) is 0.650. The maximum absolute atomic E-state index is 12.5. The first-order chi connectivity index (χ1) is 11.7. The zero-order chi connectivity index (χ0) is 16.8. The van der Waals surface area contributed by atoms with E-state index in [2.05, 4.69) is 4.90 Å². The third-order valence-corrected chi connectivity index (χ3v) is 5.53. The molecule has 1 aromatic rings. The minimum atomic E-state index is -0.448. The number of aliphatic hydroxyl groups is 1. The average Bonchev–Trinajstić information content (AvgIpc) is 2.64. The van der Waals surface area contributed by atoms with Crippen molar-refractivity contribution >= 4 is 5.91 Å². The first-order valence-electron chi connectivity index (χ1n) is 9.45. The Morgan fingerprint density at radius 1 is 1.04 bits per heavy atom. The number of aliphatic hydroxyl groups excluding tert-OH is 1. The highest BCUT2D eigenvalue weighted by molar-refractivity contribution is 5.76. The van der Waals surface area contributed by atoms with Gasteiger partial charge < -0.3 is 10.0 Å². The van der Waals surface area contributed by atoms with Crippen molar-refractivity contribution in [1.29, 1.82) is 0 Å². The van der Waals surface area contributed by atoms with Gasteiger partial charge in [0.1, 0.15) is 0 Å². The molecule has 1 saturated carbocycles. The van der Waals surface area contributed by atoms with Gasteiger partial charge in [-0.25, -0.2) is 0 Å². The number of benzene rings is 1. The van der Waals surface area contributed by atoms with Crippen LogP contribution in [-0.4, -0.2) is 53.5 Å². The minimum absolute atomic E-state index is 0.338. The largest absolute Gasteiger partial charge is 0.387 e. The molecule has 1 saturated heterocycles. The number of nitrogens with zero attached hydrogens (tertiary/aromatic N) is 2. The van der Waals surface area contributed by atoms with Crippen LogP contribution < -0.4 is 0 Å². The van der Waals surface area contributed by atoms with Crippen LogP contribution in [0.1, 0.15) is 50.2 Å². The molecule has 0 bridgehead atoms. The lowest BCUT2D eigenvalue weighted by Gasteiger charge is -2.36. The topological polar surface area (TPSA) is 43.8 Å². The molecule has 1 unspecified atom stereocenters. The van der Waals surface area contributed by atoms with E-state index in [1.165, 1.54) is 32.1 Å². The number of carbonyl (C=O) groups excluding carboxylic acids is 1. The molecule has 1 aliphatic carbocycles. The van der Waals surface area contributed by atoms with E-state index in [4.69, 9.17) is 0 Å². The lowest BCUT2D eigenvalue weighted by molar-refractivity contribution is -0.134. The second kappa shape index (κ2) is 8.63. The summed E-state index contributed by atoms with van der Waals surface area (Å²) in [6, 6.07) is 9.82. The molecule has 3 rings (SSSR count). The highest BCUT2D eigenvalue weighted by Gasteiger charge is 2.25. The Labute approximate surface area is 145 Å². The van der Waals surface area contributed by atoms with Gasteiger partial charge in [-0.1, -0.05) is 49.6 Å². The molecule has 4 nitrogen and oxygen atoms in total. The van der Waals surface area contributed by atoms with Gasteiger partial charge in [-0.2, -0.15) is 0 Å². The van der Waals surface area contributed by atoms with E-state index in [0.29, 0.717) is 18.4 Å². The Morgan fingerprint density at radius 2 is 1.71 bits per heavy atom. The summed E-state index contributed by atoms with van der Waals surface area (Å²) in [6.45, 7) is 3.97. The molecule has 4 heteroatoms. The number of amides is 1. The second-order valence-electron chi connectivity index (χ2n) is 7.32. The summed E-state index contributed by atoms with van der Waals surface area (Å²) in [6.07, 6.45) is 6.69. The van der Waals surface area contributed by atoms with Crippen LogP contribution in [0, 0.1) is 5.92 Å². The summed E-state index contributed by atoms with van der Waals surface area (Å²) >= 11 is 0. The zero-order valence-electron chi connectivity index (χ0n) is 14.6. The number of carbonyl (C=O) groups is 1. The smallest absolute Gasteiger partial charge is 0.222 e. The third-order valence-electron chi connectivity index (χ3n) is 5.53. The molecule has 1 aliphatic heterocycles. The van der Waals surface area contributed by atoms with E-state index in [1.54, 1.807) is 0 Å². The highest BCUT2D eigenvalue weighted by atomic mass is 16.3. The summed E-state index contributed by atoms with van der Waals surface area (Å²) < 4.78 is 0. The Morgan fingerprint density at radius 3 is 2.38 bits per heavy atom. The van der Waals surface area contributed by atoms with Gasteiger partial charge in [0.15, 0.2) is 0 Å². The first kappa shape index (κ1) is 17.4. The molecule has 132 valence electrons. The van der Waals surface area contributed by atoms with E-state index >= 15 is 0 Å². The third kappa shape index (κ3) is 4.81. The van der Waals surface area contributed by atoms with Gasteiger partial charge in [-0.15, -0.1) is 0 Å². The zero-order valence-corrected chi connectivity index (χ0v) is 14.6. The van der Waals surface area contributed by atoms with Crippen LogP contribution in [-0.2, 0) is 4.79 Å². The van der Waals surface area contributed by atoms with Gasteiger partial charge in [-0.05, 0) is 24.3 Å². The van der Waals surface area contributed by atoms with E-state index < -0.39 is 6.10 Å². The second-order valence-corrected chi connectivity index (χ2v) is 7.32. The SMILES string of the molecule is O=C(CC1CCCCC1)N1CCN(CC(O)c2ccccc2)CC1. The van der Waals surface area contributed by atoms with Crippen molar-refractivity contribution in [2.75, 3.05) is 32.7 Å². The van der Waals surface area contributed by atoms with Gasteiger partial charge in [0.05, 0.1) is 6.10 Å². The van der Waals surface area contributed by atoms with Crippen molar-refractivity contribution in [3.63, 3.8) is 0 Å². The number of hydrogen-bond donors (Lipinski definition) is 1. The lowest BCUT2D eigenvalue weighted by Crippen LogP contribution is -2.49. The number of piperazine rings is 1. The van der Waals surface area contributed by atoms with Crippen LogP contribution in [0.4, 0.5) is 0 Å². The molecule has 0 radical (unpaired) electrons. The van der Waals surface area contributed by atoms with Crippen molar-refractivity contribution < 1.29 is 9.90 Å². The molecule has 1 aromatic carbocycles. The summed E-state index contributed by atoms with van der Waals surface area (Å²) in [5.41, 5.74) is 0.966. The molecule has 2 aliphatic rings. The van der Waals surface area contributed by atoms with Crippen molar-refractivity contribution in [3.8, 4) is 0 Å². The van der Waals surface area contributed by atoms with Crippen molar-refractivity contribution in [2.45, 2.75) is 44.6 Å². The Kier molecular flexibility index (Phi) is 6.27. The molecule has 1 heterocycles. The van der Waals surface area contributed by atoms with E-state index in [9.17, 15) is 9.90 Å². The molecule has 0 spiro atoms. The standard InChI is InChI=1S/C20H30N2O2/c23-19(18-9-5-2-6-10-18)16-21-11-13-22(14-12-21)20(24)15-17-7-3-1-4-8-17/h2,5-6,9-10,17,19,23H,1,3-4,7-8,11-16H2. The molecule has 0 aromatic heterocycles. The number of β-amino-alcohol motifs (C(OH)–C–C–N with tert-alkyl or cyclic N) is 1. The van der Waals surface area contributed by atoms with E-state index in [1.807, 2.05) is 35.2 Å². The predicted octanol–water partition coefficient (Wildman–Crippen LogP) is 2.83. The van der Waals surface area contributed by atoms with Crippen molar-refractivity contribution in [2.24, 2.45) is 5.92 Å². The van der Waals surface area contributed by atoms with Gasteiger partial charge in [0.25, 0.3) is 0 Å². The Balaban J connectivity index is 1.41. The highest BCUT2D eigenvalue weighted by Crippen LogP contribution is 2.27. The molecule has 2 fully saturated rings. The molecular formula is C20H30N2O2. The number of hydrogen-bond acceptors (Lipinski definition) is 3. The van der Waals surface area contributed by atoms with Gasteiger partial charge in [0.2, 0.25) is 5.91 Å². The monoisotopic (exact) mass is 330 g/mol. The van der Waals surface area contributed by atoms with E-state index in [-0.39, 0.29) is 0 Å². The van der Waals surface area contributed by atoms with Crippen molar-refractivity contribution in [3.05, 3.63) is 35.9 Å². The Hall–Kier alpha value is -1.39. The molecule has 24 heavy (non-hydrogen) atoms. The fourth-order valence-corrected chi connectivity index (χ4v) is 3.97. The summed E-state index contributed by atoms with van der Waals surface area (Å²) in [7, 11) is 0. The van der Waals surface area contributed by atoms with Crippen LogP contribution in [0.5, 0.6) is 0 Å². The van der Waals surface area contributed by atoms with E-state index in [0.717, 1.165) is 38.2 Å². The van der Waals surface area contributed by atoms with Crippen LogP contribution in [0.15, 0.2) is 30.3 Å². The number of rotatable bonds is 5. The van der Waals surface area contributed by atoms with Gasteiger partial charge >= 0.3 is 0 Å². The van der Waals surface area contributed by atoms with Gasteiger partial charge in [0, 0.05) is 39.1 Å². The van der Waals surface area contributed by atoms with Gasteiger partial charge in [-0.3, -0.25) is 9.69 Å². The Bertz CT molecular complexity index is 506. The predicted molar refractivity (Wildman–Crippen MR) is 95.6 cm³/mol. The molecule has 1 amide bonds. The van der Waals surface area contributed by atoms with Crippen molar-refractivity contribution in [1.82, 2.24) is 9.80 Å². The summed E-state index contributed by atoms with van der Waals surface area (Å²) in [5, 5.41) is 10.3. The normalized spacial score (nSPS) is 21.6. The quantitative estimate of drug-likeness (QED) is 0.903. The van der Waals surface area contributed by atoms with Crippen LogP contribution in [0.25, 0.3) is 0 Å². The molecule has 1 atom stereocenters. The fourth-order valence-electron chi connectivity index (χ4n) is 3.97. The van der Waals surface area contributed by atoms with Crippen LogP contribution >= 0.6 is 0 Å². The molecular weight excluding hydrogens is 300 g/mol. The lowest BCUT2D eigenvalue weighted by atomic mass is 9.86. The summed E-state index contributed by atoms with van der Waals surface area (Å²) in [5.74, 6) is 0.953. The van der Waals surface area contributed by atoms with Crippen LogP contribution in [0.2, 0.25) is 0 Å². The molecule has 1 N–H and O–H groups in total. The average molecular weight is 330 g/mol. The first-order valence-corrected chi connectivity index (χ1v) is 9.45. The minimum Gasteiger partial charge on any atom is -0.387 e. The summed E-state index contributed by atoms with van der Waals surface area (Å²) in [4.78, 5) is 16.8.